The van der Waals surface area contributed by atoms with Crippen molar-refractivity contribution in [2.45, 2.75) is 6.42 Å². The predicted molar refractivity (Wildman–Crippen MR) is 123 cm³/mol. The molecule has 0 saturated carbocycles. The number of halogens is 2. The SMILES string of the molecule is Nc1c2c(-c3ccc(F)cc3)nc(NCCc3cccs3)nc2nn1-c1cccc(F)c1. The molecule has 9 heteroatoms. The van der Waals surface area contributed by atoms with Gasteiger partial charge in [-0.15, -0.1) is 16.4 Å². The monoisotopic (exact) mass is 448 g/mol. The molecule has 3 aromatic heterocycles. The van der Waals surface area contributed by atoms with Crippen LogP contribution >= 0.6 is 11.3 Å². The molecular formula is C23H18F2N6S. The molecule has 6 nitrogen and oxygen atoms in total. The van der Waals surface area contributed by atoms with E-state index in [0.717, 1.165) is 6.42 Å². The minimum Gasteiger partial charge on any atom is -0.383 e. The number of thiophene rings is 1. The first-order valence-electron chi connectivity index (χ1n) is 9.93. The average molecular weight is 449 g/mol. The molecule has 0 fully saturated rings. The van der Waals surface area contributed by atoms with Crippen molar-refractivity contribution >= 4 is 34.1 Å². The van der Waals surface area contributed by atoms with Crippen LogP contribution in [0.4, 0.5) is 20.5 Å². The van der Waals surface area contributed by atoms with Crippen LogP contribution in [-0.4, -0.2) is 26.3 Å². The van der Waals surface area contributed by atoms with Crippen molar-refractivity contribution in [1.29, 1.82) is 0 Å². The zero-order chi connectivity index (χ0) is 22.1. The van der Waals surface area contributed by atoms with Gasteiger partial charge >= 0.3 is 0 Å². The van der Waals surface area contributed by atoms with Crippen LogP contribution < -0.4 is 11.1 Å². The van der Waals surface area contributed by atoms with Gasteiger partial charge in [0.25, 0.3) is 0 Å². The first kappa shape index (κ1) is 20.1. The maximum atomic E-state index is 13.8. The molecule has 0 spiro atoms. The Labute approximate surface area is 186 Å². The lowest BCUT2D eigenvalue weighted by molar-refractivity contribution is 0.625. The van der Waals surface area contributed by atoms with E-state index in [-0.39, 0.29) is 11.6 Å². The van der Waals surface area contributed by atoms with Gasteiger partial charge in [-0.05, 0) is 60.3 Å². The Morgan fingerprint density at radius 3 is 2.56 bits per heavy atom. The fraction of sp³-hybridized carbons (Fsp3) is 0.0870. The van der Waals surface area contributed by atoms with Gasteiger partial charge < -0.3 is 11.1 Å². The van der Waals surface area contributed by atoms with Gasteiger partial charge in [0.1, 0.15) is 17.5 Å². The highest BCUT2D eigenvalue weighted by molar-refractivity contribution is 7.09. The summed E-state index contributed by atoms with van der Waals surface area (Å²) in [4.78, 5) is 10.4. The summed E-state index contributed by atoms with van der Waals surface area (Å²) in [5.74, 6) is -0.0914. The molecule has 2 aromatic carbocycles. The van der Waals surface area contributed by atoms with Gasteiger partial charge in [-0.2, -0.15) is 4.98 Å². The van der Waals surface area contributed by atoms with Crippen molar-refractivity contribution in [1.82, 2.24) is 19.7 Å². The van der Waals surface area contributed by atoms with Gasteiger partial charge in [0.15, 0.2) is 5.65 Å². The molecule has 5 rings (SSSR count). The molecule has 0 unspecified atom stereocenters. The van der Waals surface area contributed by atoms with E-state index < -0.39 is 5.82 Å². The van der Waals surface area contributed by atoms with E-state index in [0.29, 0.717) is 40.5 Å². The van der Waals surface area contributed by atoms with Gasteiger partial charge in [0.2, 0.25) is 5.95 Å². The van der Waals surface area contributed by atoms with Crippen LogP contribution in [0, 0.1) is 11.6 Å². The second-order valence-electron chi connectivity index (χ2n) is 7.13. The first-order valence-corrected chi connectivity index (χ1v) is 10.8. The summed E-state index contributed by atoms with van der Waals surface area (Å²) in [7, 11) is 0. The summed E-state index contributed by atoms with van der Waals surface area (Å²) in [6, 6.07) is 16.0. The number of nitrogens with two attached hydrogens (primary N) is 1. The van der Waals surface area contributed by atoms with Crippen LogP contribution in [0.3, 0.4) is 0 Å². The number of aromatic nitrogens is 4. The molecule has 3 heterocycles. The number of fused-ring (bicyclic) bond motifs is 1. The van der Waals surface area contributed by atoms with Crippen molar-refractivity contribution in [2.75, 3.05) is 17.6 Å². The third kappa shape index (κ3) is 3.90. The van der Waals surface area contributed by atoms with Gasteiger partial charge in [0, 0.05) is 17.0 Å². The summed E-state index contributed by atoms with van der Waals surface area (Å²) in [5, 5.41) is 10.3. The molecule has 0 aliphatic rings. The standard InChI is InChI=1S/C23H18F2N6S/c24-15-8-6-14(7-9-15)20-19-21(26)31(17-4-1-3-16(25)13-17)30-22(19)29-23(28-20)27-11-10-18-5-2-12-32-18/h1-9,12-13H,10-11,26H2,(H,27,29,30). The molecule has 0 amide bonds. The Balaban J connectivity index is 1.60. The van der Waals surface area contributed by atoms with Crippen LogP contribution in [0.15, 0.2) is 66.0 Å². The number of benzene rings is 2. The quantitative estimate of drug-likeness (QED) is 0.380. The molecule has 32 heavy (non-hydrogen) atoms. The van der Waals surface area contributed by atoms with Gasteiger partial charge in [0.05, 0.1) is 16.8 Å². The average Bonchev–Trinajstić information content (AvgIpc) is 3.42. The molecular weight excluding hydrogens is 430 g/mol. The fourth-order valence-corrected chi connectivity index (χ4v) is 4.17. The Kier molecular flexibility index (Phi) is 5.24. The molecule has 0 aliphatic carbocycles. The molecule has 0 bridgehead atoms. The number of nitrogen functional groups attached to an aromatic ring is 1. The maximum Gasteiger partial charge on any atom is 0.225 e. The first-order chi connectivity index (χ1) is 15.6. The molecule has 0 atom stereocenters. The van der Waals surface area contributed by atoms with E-state index in [1.165, 1.54) is 33.8 Å². The molecule has 160 valence electrons. The van der Waals surface area contributed by atoms with Gasteiger partial charge in [-0.1, -0.05) is 12.1 Å². The Morgan fingerprint density at radius 1 is 0.969 bits per heavy atom. The summed E-state index contributed by atoms with van der Waals surface area (Å²) in [6.45, 7) is 0.634. The van der Waals surface area contributed by atoms with Gasteiger partial charge in [-0.3, -0.25) is 0 Å². The summed E-state index contributed by atoms with van der Waals surface area (Å²) >= 11 is 1.69. The third-order valence-corrected chi connectivity index (χ3v) is 5.91. The normalized spacial score (nSPS) is 11.2. The smallest absolute Gasteiger partial charge is 0.225 e. The molecule has 0 radical (unpaired) electrons. The van der Waals surface area contributed by atoms with E-state index in [1.54, 1.807) is 35.6 Å². The highest BCUT2D eigenvalue weighted by atomic mass is 32.1. The van der Waals surface area contributed by atoms with Crippen LogP contribution in [0.25, 0.3) is 28.0 Å². The van der Waals surface area contributed by atoms with E-state index in [2.05, 4.69) is 26.4 Å². The second-order valence-corrected chi connectivity index (χ2v) is 8.17. The number of nitrogens with one attached hydrogen (secondary N) is 1. The number of hydrogen-bond donors (Lipinski definition) is 2. The zero-order valence-electron chi connectivity index (χ0n) is 16.8. The van der Waals surface area contributed by atoms with Crippen molar-refractivity contribution in [3.63, 3.8) is 0 Å². The van der Waals surface area contributed by atoms with Crippen molar-refractivity contribution < 1.29 is 8.78 Å². The minimum absolute atomic E-state index is 0.273. The fourth-order valence-electron chi connectivity index (χ4n) is 3.46. The zero-order valence-corrected chi connectivity index (χ0v) is 17.6. The minimum atomic E-state index is -0.401. The number of anilines is 2. The lowest BCUT2D eigenvalue weighted by Crippen LogP contribution is -2.08. The summed E-state index contributed by atoms with van der Waals surface area (Å²) in [6.07, 6.45) is 0.824. The largest absolute Gasteiger partial charge is 0.383 e. The topological polar surface area (TPSA) is 81.7 Å². The number of rotatable bonds is 6. The Morgan fingerprint density at radius 2 is 1.81 bits per heavy atom. The lowest BCUT2D eigenvalue weighted by Gasteiger charge is -2.08. The third-order valence-electron chi connectivity index (χ3n) is 4.97. The highest BCUT2D eigenvalue weighted by Gasteiger charge is 2.19. The summed E-state index contributed by atoms with van der Waals surface area (Å²) in [5.41, 5.74) is 8.43. The van der Waals surface area contributed by atoms with Crippen molar-refractivity contribution in [3.8, 4) is 16.9 Å². The second kappa shape index (κ2) is 8.35. The van der Waals surface area contributed by atoms with Gasteiger partial charge in [-0.25, -0.2) is 18.4 Å². The van der Waals surface area contributed by atoms with E-state index >= 15 is 0 Å². The molecule has 3 N–H and O–H groups in total. The molecule has 5 aromatic rings. The predicted octanol–water partition coefficient (Wildman–Crippen LogP) is 5.06. The Bertz CT molecular complexity index is 1380. The number of hydrogen-bond acceptors (Lipinski definition) is 6. The summed E-state index contributed by atoms with van der Waals surface area (Å²) < 4.78 is 28.7. The Hall–Kier alpha value is -3.85. The van der Waals surface area contributed by atoms with Crippen LogP contribution in [-0.2, 0) is 6.42 Å². The molecule has 0 aliphatic heterocycles. The highest BCUT2D eigenvalue weighted by Crippen LogP contribution is 2.33. The number of nitrogens with zero attached hydrogens (tertiary/aromatic N) is 4. The lowest BCUT2D eigenvalue weighted by atomic mass is 10.1. The van der Waals surface area contributed by atoms with Crippen molar-refractivity contribution in [3.05, 3.63) is 82.6 Å². The van der Waals surface area contributed by atoms with Crippen LogP contribution in [0.2, 0.25) is 0 Å². The maximum absolute atomic E-state index is 13.8. The van der Waals surface area contributed by atoms with Crippen LogP contribution in [0.5, 0.6) is 0 Å². The van der Waals surface area contributed by atoms with E-state index in [1.807, 2.05) is 11.4 Å². The van der Waals surface area contributed by atoms with E-state index in [4.69, 9.17) is 5.73 Å². The van der Waals surface area contributed by atoms with E-state index in [9.17, 15) is 8.78 Å². The van der Waals surface area contributed by atoms with Crippen LogP contribution in [0.1, 0.15) is 4.88 Å². The van der Waals surface area contributed by atoms with Crippen molar-refractivity contribution in [2.24, 2.45) is 0 Å². The molecule has 0 saturated heterocycles.